The van der Waals surface area contributed by atoms with Crippen LogP contribution in [-0.4, -0.2) is 64.4 Å². The van der Waals surface area contributed by atoms with E-state index in [2.05, 4.69) is 20.3 Å². The molecule has 2 aromatic heterocycles. The zero-order valence-corrected chi connectivity index (χ0v) is 17.7. The van der Waals surface area contributed by atoms with E-state index in [4.69, 9.17) is 0 Å². The van der Waals surface area contributed by atoms with Crippen LogP contribution in [0.2, 0.25) is 0 Å². The Morgan fingerprint density at radius 3 is 2.83 bits per heavy atom. The van der Waals surface area contributed by atoms with Gasteiger partial charge in [-0.1, -0.05) is 12.1 Å². The highest BCUT2D eigenvalue weighted by molar-refractivity contribution is 5.87. The average Bonchev–Trinajstić information content (AvgIpc) is 2.67. The van der Waals surface area contributed by atoms with Crippen LogP contribution >= 0.6 is 0 Å². The molecule has 0 saturated carbocycles. The number of rotatable bonds is 6. The van der Waals surface area contributed by atoms with Crippen molar-refractivity contribution in [3.63, 3.8) is 0 Å². The van der Waals surface area contributed by atoms with Crippen LogP contribution in [0.15, 0.2) is 36.4 Å². The van der Waals surface area contributed by atoms with E-state index in [1.807, 2.05) is 68.1 Å². The van der Waals surface area contributed by atoms with Crippen LogP contribution in [-0.2, 0) is 4.79 Å². The number of aryl methyl sites for hydroxylation is 2. The van der Waals surface area contributed by atoms with Gasteiger partial charge < -0.3 is 15.1 Å². The molecule has 154 valence electrons. The summed E-state index contributed by atoms with van der Waals surface area (Å²) in [6.45, 7) is 6.10. The Kier molecular flexibility index (Phi) is 6.93. The van der Waals surface area contributed by atoms with Crippen molar-refractivity contribution in [1.82, 2.24) is 24.8 Å². The van der Waals surface area contributed by atoms with Gasteiger partial charge in [-0.25, -0.2) is 15.0 Å². The van der Waals surface area contributed by atoms with Crippen LogP contribution in [0.3, 0.4) is 0 Å². The standard InChI is InChI=1S/C22H30N6O/c1-16-8-5-10-20(23-16)26-21-14-19(24-17(2)25-21)18-9-6-13-28(15-18)22(29)11-7-12-27(3)4/h5,7-8,10-11,14,18H,6,9,12-13,15H2,1-4H3,(H,23,24,25,26)/b11-7+. The first-order chi connectivity index (χ1) is 13.9. The maximum Gasteiger partial charge on any atom is 0.246 e. The maximum atomic E-state index is 12.5. The summed E-state index contributed by atoms with van der Waals surface area (Å²) < 4.78 is 0. The van der Waals surface area contributed by atoms with Crippen molar-refractivity contribution < 1.29 is 4.79 Å². The zero-order valence-electron chi connectivity index (χ0n) is 17.7. The molecule has 1 unspecified atom stereocenters. The molecule has 1 atom stereocenters. The monoisotopic (exact) mass is 394 g/mol. The van der Waals surface area contributed by atoms with Gasteiger partial charge in [0, 0.05) is 43.4 Å². The summed E-state index contributed by atoms with van der Waals surface area (Å²) in [7, 11) is 3.97. The minimum Gasteiger partial charge on any atom is -0.339 e. The normalized spacial score (nSPS) is 17.1. The quantitative estimate of drug-likeness (QED) is 0.759. The Hall–Kier alpha value is -2.80. The zero-order chi connectivity index (χ0) is 20.8. The van der Waals surface area contributed by atoms with E-state index in [9.17, 15) is 4.79 Å². The molecule has 1 N–H and O–H groups in total. The number of carbonyl (C=O) groups excluding carboxylic acids is 1. The second-order valence-electron chi connectivity index (χ2n) is 7.80. The Morgan fingerprint density at radius 2 is 2.07 bits per heavy atom. The number of anilines is 2. The number of hydrogen-bond donors (Lipinski definition) is 1. The summed E-state index contributed by atoms with van der Waals surface area (Å²) in [6.07, 6.45) is 5.59. The van der Waals surface area contributed by atoms with Gasteiger partial charge in [0.05, 0.1) is 5.69 Å². The third kappa shape index (κ3) is 6.09. The number of nitrogens with one attached hydrogen (secondary N) is 1. The number of likely N-dealkylation sites (tertiary alicyclic amines) is 1. The van der Waals surface area contributed by atoms with Crippen molar-refractivity contribution in [2.24, 2.45) is 0 Å². The van der Waals surface area contributed by atoms with Crippen molar-refractivity contribution in [3.8, 4) is 0 Å². The van der Waals surface area contributed by atoms with Crippen LogP contribution in [0.1, 0.15) is 36.0 Å². The Labute approximate surface area is 172 Å². The van der Waals surface area contributed by atoms with Crippen molar-refractivity contribution in [2.45, 2.75) is 32.6 Å². The lowest BCUT2D eigenvalue weighted by atomic mass is 9.94. The van der Waals surface area contributed by atoms with E-state index in [0.29, 0.717) is 12.4 Å². The molecule has 0 aromatic carbocycles. The van der Waals surface area contributed by atoms with Crippen molar-refractivity contribution >= 4 is 17.5 Å². The van der Waals surface area contributed by atoms with E-state index in [1.165, 1.54) is 0 Å². The largest absolute Gasteiger partial charge is 0.339 e. The lowest BCUT2D eigenvalue weighted by Gasteiger charge is -2.32. The summed E-state index contributed by atoms with van der Waals surface area (Å²) in [5.41, 5.74) is 1.92. The Balaban J connectivity index is 1.71. The number of carbonyl (C=O) groups is 1. The fourth-order valence-corrected chi connectivity index (χ4v) is 3.50. The van der Waals surface area contributed by atoms with Crippen molar-refractivity contribution in [3.05, 3.63) is 53.6 Å². The van der Waals surface area contributed by atoms with Gasteiger partial charge in [0.2, 0.25) is 5.91 Å². The molecular weight excluding hydrogens is 364 g/mol. The summed E-state index contributed by atoms with van der Waals surface area (Å²) in [6, 6.07) is 7.83. The summed E-state index contributed by atoms with van der Waals surface area (Å²) >= 11 is 0. The van der Waals surface area contributed by atoms with Gasteiger partial charge in [-0.3, -0.25) is 4.79 Å². The summed E-state index contributed by atoms with van der Waals surface area (Å²) in [5.74, 6) is 2.50. The van der Waals surface area contributed by atoms with Crippen LogP contribution in [0, 0.1) is 13.8 Å². The molecule has 3 rings (SSSR count). The minimum atomic E-state index is 0.0737. The highest BCUT2D eigenvalue weighted by atomic mass is 16.2. The minimum absolute atomic E-state index is 0.0737. The van der Waals surface area contributed by atoms with Gasteiger partial charge in [0.25, 0.3) is 0 Å². The van der Waals surface area contributed by atoms with Gasteiger partial charge in [-0.15, -0.1) is 0 Å². The first kappa shape index (κ1) is 20.9. The predicted molar refractivity (Wildman–Crippen MR) is 115 cm³/mol. The molecular formula is C22H30N6O. The molecule has 2 aromatic rings. The molecule has 29 heavy (non-hydrogen) atoms. The summed E-state index contributed by atoms with van der Waals surface area (Å²) in [4.78, 5) is 30.1. The SMILES string of the molecule is Cc1cccc(Nc2cc(C3CCCN(C(=O)/C=C/CN(C)C)C3)nc(C)n2)n1. The number of likely N-dealkylation sites (N-methyl/N-ethyl adjacent to an activating group) is 1. The van der Waals surface area contributed by atoms with Crippen LogP contribution in [0.5, 0.6) is 0 Å². The molecule has 0 radical (unpaired) electrons. The number of aromatic nitrogens is 3. The average molecular weight is 395 g/mol. The molecule has 7 nitrogen and oxygen atoms in total. The number of hydrogen-bond acceptors (Lipinski definition) is 6. The molecule has 3 heterocycles. The molecule has 1 aliphatic rings. The van der Waals surface area contributed by atoms with Gasteiger partial charge in [-0.05, 0) is 52.9 Å². The van der Waals surface area contributed by atoms with Gasteiger partial charge in [-0.2, -0.15) is 0 Å². The van der Waals surface area contributed by atoms with Gasteiger partial charge in [0.15, 0.2) is 0 Å². The highest BCUT2D eigenvalue weighted by Gasteiger charge is 2.25. The van der Waals surface area contributed by atoms with E-state index in [0.717, 1.165) is 49.0 Å². The molecule has 0 bridgehead atoms. The third-order valence-corrected chi connectivity index (χ3v) is 4.88. The topological polar surface area (TPSA) is 74.2 Å². The lowest BCUT2D eigenvalue weighted by molar-refractivity contribution is -0.127. The van der Waals surface area contributed by atoms with E-state index < -0.39 is 0 Å². The van der Waals surface area contributed by atoms with Crippen molar-refractivity contribution in [1.29, 1.82) is 0 Å². The van der Waals surface area contributed by atoms with Gasteiger partial charge >= 0.3 is 0 Å². The fourth-order valence-electron chi connectivity index (χ4n) is 3.50. The van der Waals surface area contributed by atoms with Crippen molar-refractivity contribution in [2.75, 3.05) is 39.0 Å². The number of nitrogens with zero attached hydrogens (tertiary/aromatic N) is 5. The molecule has 1 amide bonds. The van der Waals surface area contributed by atoms with E-state index in [-0.39, 0.29) is 11.8 Å². The lowest BCUT2D eigenvalue weighted by Crippen LogP contribution is -2.38. The number of piperidine rings is 1. The summed E-state index contributed by atoms with van der Waals surface area (Å²) in [5, 5.41) is 3.28. The molecule has 1 fully saturated rings. The molecule has 1 saturated heterocycles. The fraction of sp³-hybridized carbons (Fsp3) is 0.455. The Bertz CT molecular complexity index is 879. The first-order valence-corrected chi connectivity index (χ1v) is 10.1. The van der Waals surface area contributed by atoms with E-state index >= 15 is 0 Å². The highest BCUT2D eigenvalue weighted by Crippen LogP contribution is 2.27. The molecule has 7 heteroatoms. The third-order valence-electron chi connectivity index (χ3n) is 4.88. The maximum absolute atomic E-state index is 12.5. The Morgan fingerprint density at radius 1 is 1.24 bits per heavy atom. The second kappa shape index (κ2) is 9.60. The van der Waals surface area contributed by atoms with E-state index in [1.54, 1.807) is 6.08 Å². The number of amides is 1. The smallest absolute Gasteiger partial charge is 0.246 e. The first-order valence-electron chi connectivity index (χ1n) is 10.1. The van der Waals surface area contributed by atoms with Crippen LogP contribution in [0.25, 0.3) is 0 Å². The molecule has 0 spiro atoms. The predicted octanol–water partition coefficient (Wildman–Crippen LogP) is 3.06. The second-order valence-corrected chi connectivity index (χ2v) is 7.80. The van der Waals surface area contributed by atoms with Crippen LogP contribution < -0.4 is 5.32 Å². The molecule has 0 aliphatic carbocycles. The molecule has 1 aliphatic heterocycles. The van der Waals surface area contributed by atoms with Crippen LogP contribution in [0.4, 0.5) is 11.6 Å². The number of pyridine rings is 1. The van der Waals surface area contributed by atoms with Gasteiger partial charge in [0.1, 0.15) is 17.5 Å².